The van der Waals surface area contributed by atoms with Crippen LogP contribution in [0.25, 0.3) is 5.57 Å². The normalized spacial score (nSPS) is 12.9. The Bertz CT molecular complexity index is 860. The zero-order valence-corrected chi connectivity index (χ0v) is 21.0. The zero-order chi connectivity index (χ0) is 24.1. The van der Waals surface area contributed by atoms with E-state index in [1.165, 1.54) is 0 Å². The number of methoxy groups -OCH3 is 1. The minimum absolute atomic E-state index is 0.0381. The molecule has 2 aromatic rings. The second kappa shape index (κ2) is 14.5. The smallest absolute Gasteiger partial charge is 0.188 e. The van der Waals surface area contributed by atoms with E-state index in [2.05, 4.69) is 31.8 Å². The van der Waals surface area contributed by atoms with Crippen molar-refractivity contribution >= 4 is 29.1 Å². The molecule has 0 aliphatic carbocycles. The van der Waals surface area contributed by atoms with Crippen LogP contribution in [0, 0.1) is 11.8 Å². The number of hydrogen-bond acceptors (Lipinski definition) is 4. The van der Waals surface area contributed by atoms with Gasteiger partial charge >= 0.3 is 0 Å². The van der Waals surface area contributed by atoms with E-state index in [0.29, 0.717) is 5.92 Å². The Morgan fingerprint density at radius 1 is 1.00 bits per heavy atom. The Morgan fingerprint density at radius 3 is 2.03 bits per heavy atom. The first kappa shape index (κ1) is 27.5. The lowest BCUT2D eigenvalue weighted by atomic mass is 9.96. The monoisotopic (exact) mass is 455 g/mol. The van der Waals surface area contributed by atoms with Gasteiger partial charge < -0.3 is 10.1 Å². The minimum Gasteiger partial charge on any atom is -0.497 e. The topological polar surface area (TPSA) is 55.4 Å². The number of thiol groups is 1. The molecular formula is C27H37NO3S. The van der Waals surface area contributed by atoms with E-state index >= 15 is 0 Å². The predicted octanol–water partition coefficient (Wildman–Crippen LogP) is 6.43. The predicted molar refractivity (Wildman–Crippen MR) is 137 cm³/mol. The Kier molecular flexibility index (Phi) is 12.5. The molecular weight excluding hydrogens is 418 g/mol. The van der Waals surface area contributed by atoms with Gasteiger partial charge in [0.05, 0.1) is 13.2 Å². The summed E-state index contributed by atoms with van der Waals surface area (Å²) in [5.74, 6) is 1.68. The molecule has 2 aromatic carbocycles. The van der Waals surface area contributed by atoms with E-state index in [4.69, 9.17) is 4.74 Å². The number of Topliss-reactive ketones (excluding diaryl/α,β-unsaturated/α-hetero) is 1. The highest BCUT2D eigenvalue weighted by atomic mass is 32.1. The number of benzene rings is 2. The van der Waals surface area contributed by atoms with Gasteiger partial charge in [0.25, 0.3) is 0 Å². The summed E-state index contributed by atoms with van der Waals surface area (Å²) in [5, 5.41) is 3.20. The summed E-state index contributed by atoms with van der Waals surface area (Å²) in [7, 11) is 1.65. The third-order valence-electron chi connectivity index (χ3n) is 5.14. The summed E-state index contributed by atoms with van der Waals surface area (Å²) >= 11 is 3.81. The van der Waals surface area contributed by atoms with Crippen molar-refractivity contribution in [1.29, 1.82) is 0 Å². The second-order valence-corrected chi connectivity index (χ2v) is 8.69. The van der Waals surface area contributed by atoms with Crippen LogP contribution in [0.4, 0.5) is 0 Å². The molecule has 0 aliphatic heterocycles. The maximum Gasteiger partial charge on any atom is 0.188 e. The molecule has 0 spiro atoms. The molecule has 1 unspecified atom stereocenters. The molecule has 0 aliphatic rings. The summed E-state index contributed by atoms with van der Waals surface area (Å²) in [6.45, 7) is 10.2. The number of ketones is 1. The molecule has 0 fully saturated rings. The third-order valence-corrected chi connectivity index (χ3v) is 5.51. The van der Waals surface area contributed by atoms with Crippen molar-refractivity contribution in [3.05, 3.63) is 71.9 Å². The molecule has 0 saturated carbocycles. The van der Waals surface area contributed by atoms with Crippen LogP contribution in [0.1, 0.15) is 63.4 Å². The molecule has 2 atom stereocenters. The van der Waals surface area contributed by atoms with Crippen LogP contribution in [-0.4, -0.2) is 24.1 Å². The number of ether oxygens (including phenoxy) is 1. The molecule has 0 radical (unpaired) electrons. The third kappa shape index (κ3) is 9.73. The molecule has 5 heteroatoms. The fraction of sp³-hybridized carbons (Fsp3) is 0.407. The van der Waals surface area contributed by atoms with Crippen molar-refractivity contribution < 1.29 is 14.3 Å². The number of carbonyl (C=O) groups is 2. The Hall–Kier alpha value is -2.53. The van der Waals surface area contributed by atoms with Crippen LogP contribution in [0.2, 0.25) is 0 Å². The summed E-state index contributed by atoms with van der Waals surface area (Å²) in [4.78, 5) is 23.0. The zero-order valence-electron chi connectivity index (χ0n) is 20.1. The number of rotatable bonds is 10. The van der Waals surface area contributed by atoms with Gasteiger partial charge in [0.15, 0.2) is 10.9 Å². The molecule has 4 nitrogen and oxygen atoms in total. The molecule has 1 N–H and O–H groups in total. The summed E-state index contributed by atoms with van der Waals surface area (Å²) in [5.41, 5.74) is 2.88. The van der Waals surface area contributed by atoms with Gasteiger partial charge in [-0.2, -0.15) is 0 Å². The lowest BCUT2D eigenvalue weighted by Crippen LogP contribution is -2.30. The van der Waals surface area contributed by atoms with E-state index in [0.717, 1.165) is 35.3 Å². The average molecular weight is 456 g/mol. The molecule has 0 amide bonds. The van der Waals surface area contributed by atoms with Gasteiger partial charge in [-0.15, -0.1) is 12.6 Å². The largest absolute Gasteiger partial charge is 0.497 e. The first-order valence-corrected chi connectivity index (χ1v) is 11.5. The van der Waals surface area contributed by atoms with E-state index in [-0.39, 0.29) is 22.9 Å². The Balaban J connectivity index is 0.000000433. The average Bonchev–Trinajstić information content (AvgIpc) is 2.81. The van der Waals surface area contributed by atoms with Gasteiger partial charge in [-0.05, 0) is 55.9 Å². The highest BCUT2D eigenvalue weighted by Crippen LogP contribution is 2.18. The van der Waals surface area contributed by atoms with Crippen LogP contribution < -0.4 is 10.1 Å². The van der Waals surface area contributed by atoms with Crippen LogP contribution in [0.5, 0.6) is 5.75 Å². The van der Waals surface area contributed by atoms with E-state index < -0.39 is 0 Å². The standard InChI is InChI=1S/C19H21NO2.C8H16OS/c1-14(16-9-11-18(22-3)12-10-16)13-20-15(2)19(21)17-7-5-4-6-8-17;1-4-7(8(9)10)5-6(2)3/h4-13,15,20H,1-3H3;6-7H,4-5H2,1-3H3,(H,9,10)/b14-13+;/t;7-/m.0/s1. The molecule has 0 heterocycles. The number of carbonyl (C=O) groups excluding carboxylic acids is 2. The summed E-state index contributed by atoms with van der Waals surface area (Å²) in [6.07, 6.45) is 3.77. The van der Waals surface area contributed by atoms with E-state index in [1.54, 1.807) is 7.11 Å². The van der Waals surface area contributed by atoms with Crippen molar-refractivity contribution in [3.8, 4) is 5.75 Å². The van der Waals surface area contributed by atoms with Gasteiger partial charge in [0.1, 0.15) is 5.75 Å². The van der Waals surface area contributed by atoms with Gasteiger partial charge in [-0.3, -0.25) is 9.59 Å². The first-order chi connectivity index (χ1) is 15.2. The minimum atomic E-state index is -0.268. The van der Waals surface area contributed by atoms with Crippen molar-refractivity contribution in [2.24, 2.45) is 11.8 Å². The first-order valence-electron chi connectivity index (χ1n) is 11.1. The van der Waals surface area contributed by atoms with Crippen LogP contribution in [0.15, 0.2) is 60.8 Å². The molecule has 0 saturated heterocycles. The lowest BCUT2D eigenvalue weighted by molar-refractivity contribution is -0.114. The highest BCUT2D eigenvalue weighted by molar-refractivity contribution is 7.96. The van der Waals surface area contributed by atoms with Gasteiger partial charge in [-0.25, -0.2) is 0 Å². The molecule has 0 aromatic heterocycles. The van der Waals surface area contributed by atoms with E-state index in [1.807, 2.05) is 81.6 Å². The van der Waals surface area contributed by atoms with Crippen molar-refractivity contribution in [3.63, 3.8) is 0 Å². The van der Waals surface area contributed by atoms with E-state index in [9.17, 15) is 9.59 Å². The van der Waals surface area contributed by atoms with Crippen LogP contribution in [-0.2, 0) is 4.79 Å². The molecule has 174 valence electrons. The highest BCUT2D eigenvalue weighted by Gasteiger charge is 2.14. The summed E-state index contributed by atoms with van der Waals surface area (Å²) < 4.78 is 5.15. The Morgan fingerprint density at radius 2 is 1.59 bits per heavy atom. The fourth-order valence-corrected chi connectivity index (χ4v) is 3.41. The summed E-state index contributed by atoms with van der Waals surface area (Å²) in [6, 6.07) is 16.9. The van der Waals surface area contributed by atoms with Crippen LogP contribution >= 0.6 is 12.6 Å². The van der Waals surface area contributed by atoms with Crippen LogP contribution in [0.3, 0.4) is 0 Å². The van der Waals surface area contributed by atoms with Gasteiger partial charge in [0, 0.05) is 17.7 Å². The SMILES string of the molecule is CC[C@@H](CC(C)C)C(=O)S.COc1ccc(/C(C)=C/NC(C)C(=O)c2ccccc2)cc1. The van der Waals surface area contributed by atoms with Crippen molar-refractivity contribution in [1.82, 2.24) is 5.32 Å². The van der Waals surface area contributed by atoms with Crippen molar-refractivity contribution in [2.45, 2.75) is 53.5 Å². The molecule has 2 rings (SSSR count). The number of allylic oxidation sites excluding steroid dienone is 1. The quantitative estimate of drug-likeness (QED) is 0.320. The maximum absolute atomic E-state index is 12.3. The van der Waals surface area contributed by atoms with Crippen molar-refractivity contribution in [2.75, 3.05) is 7.11 Å². The Labute approximate surface area is 198 Å². The molecule has 32 heavy (non-hydrogen) atoms. The number of hydrogen-bond donors (Lipinski definition) is 2. The molecule has 0 bridgehead atoms. The van der Waals surface area contributed by atoms with Gasteiger partial charge in [0.2, 0.25) is 0 Å². The number of nitrogens with one attached hydrogen (secondary N) is 1. The second-order valence-electron chi connectivity index (χ2n) is 8.25. The lowest BCUT2D eigenvalue weighted by Gasteiger charge is -2.12. The van der Waals surface area contributed by atoms with Gasteiger partial charge in [-0.1, -0.05) is 63.2 Å². The maximum atomic E-state index is 12.3. The fourth-order valence-electron chi connectivity index (χ4n) is 3.13.